The summed E-state index contributed by atoms with van der Waals surface area (Å²) in [5.41, 5.74) is 1.69. The van der Waals surface area contributed by atoms with E-state index in [1.807, 2.05) is 36.1 Å². The molecule has 1 aliphatic carbocycles. The minimum absolute atomic E-state index is 0.00105. The third-order valence-corrected chi connectivity index (χ3v) is 7.45. The largest absolute Gasteiger partial charge is 0.335 e. The molecule has 2 fully saturated rings. The molecule has 0 bridgehead atoms. The Labute approximate surface area is 163 Å². The predicted molar refractivity (Wildman–Crippen MR) is 107 cm³/mol. The number of piperazine rings is 1. The molecule has 27 heavy (non-hydrogen) atoms. The summed E-state index contributed by atoms with van der Waals surface area (Å²) >= 11 is 0. The van der Waals surface area contributed by atoms with Crippen molar-refractivity contribution in [1.82, 2.24) is 14.5 Å². The Hall–Kier alpha value is -1.44. The van der Waals surface area contributed by atoms with Gasteiger partial charge >= 0.3 is 0 Å². The van der Waals surface area contributed by atoms with E-state index in [1.165, 1.54) is 6.42 Å². The number of sulfonamides is 1. The van der Waals surface area contributed by atoms with Crippen LogP contribution in [0.5, 0.6) is 0 Å². The van der Waals surface area contributed by atoms with E-state index in [1.54, 1.807) is 4.31 Å². The molecular weight excluding hydrogens is 362 g/mol. The van der Waals surface area contributed by atoms with E-state index in [0.29, 0.717) is 31.7 Å². The summed E-state index contributed by atoms with van der Waals surface area (Å²) in [6.45, 7) is 4.64. The molecule has 3 rings (SSSR count). The van der Waals surface area contributed by atoms with E-state index in [0.717, 1.165) is 31.2 Å². The van der Waals surface area contributed by atoms with Crippen molar-refractivity contribution in [1.29, 1.82) is 0 Å². The molecule has 0 aromatic heterocycles. The van der Waals surface area contributed by atoms with Gasteiger partial charge in [-0.1, -0.05) is 37.0 Å². The number of nitrogens with one attached hydrogen (secondary N) is 1. The smallest absolute Gasteiger partial charge is 0.254 e. The van der Waals surface area contributed by atoms with Gasteiger partial charge in [-0.3, -0.25) is 4.79 Å². The highest BCUT2D eigenvalue weighted by Gasteiger charge is 2.30. The highest BCUT2D eigenvalue weighted by Crippen LogP contribution is 2.24. The molecule has 150 valence electrons. The second kappa shape index (κ2) is 9.17. The third-order valence-electron chi connectivity index (χ3n) is 5.60. The topological polar surface area (TPSA) is 69.7 Å². The van der Waals surface area contributed by atoms with E-state index >= 15 is 0 Å². The molecule has 0 atom stereocenters. The zero-order valence-electron chi connectivity index (χ0n) is 16.2. The van der Waals surface area contributed by atoms with E-state index in [-0.39, 0.29) is 24.2 Å². The lowest BCUT2D eigenvalue weighted by atomic mass is 9.93. The van der Waals surface area contributed by atoms with Crippen LogP contribution in [0.2, 0.25) is 0 Å². The molecule has 1 N–H and O–H groups in total. The molecule has 0 spiro atoms. The quantitative estimate of drug-likeness (QED) is 0.803. The first kappa shape index (κ1) is 20.3. The van der Waals surface area contributed by atoms with Gasteiger partial charge in [0.2, 0.25) is 10.0 Å². The van der Waals surface area contributed by atoms with Crippen molar-refractivity contribution in [3.8, 4) is 0 Å². The van der Waals surface area contributed by atoms with E-state index in [2.05, 4.69) is 5.32 Å². The Kier molecular flexibility index (Phi) is 6.89. The van der Waals surface area contributed by atoms with Gasteiger partial charge in [0.05, 0.1) is 5.75 Å². The van der Waals surface area contributed by atoms with Crippen LogP contribution in [0.15, 0.2) is 24.3 Å². The number of hydrogen-bond acceptors (Lipinski definition) is 4. The summed E-state index contributed by atoms with van der Waals surface area (Å²) in [5.74, 6) is -0.0396. The SMILES string of the molecule is Cc1cccc(C(=O)N(CCS(=O)(=O)N2CCNCC2)C2CCCCC2)c1. The molecule has 7 heteroatoms. The van der Waals surface area contributed by atoms with Gasteiger partial charge in [0.15, 0.2) is 0 Å². The lowest BCUT2D eigenvalue weighted by Crippen LogP contribution is -2.49. The van der Waals surface area contributed by atoms with Crippen LogP contribution in [0.25, 0.3) is 0 Å². The summed E-state index contributed by atoms with van der Waals surface area (Å²) in [6, 6.07) is 7.72. The zero-order valence-corrected chi connectivity index (χ0v) is 17.0. The second-order valence-corrected chi connectivity index (χ2v) is 9.71. The Morgan fingerprint density at radius 1 is 1.19 bits per heavy atom. The standard InChI is InChI=1S/C20H31N3O3S/c1-17-6-5-7-18(16-17)20(24)23(19-8-3-2-4-9-19)14-15-27(25,26)22-12-10-21-11-13-22/h5-7,16,19,21H,2-4,8-15H2,1H3. The second-order valence-electron chi connectivity index (χ2n) is 7.62. The summed E-state index contributed by atoms with van der Waals surface area (Å²) in [5, 5.41) is 3.18. The number of nitrogens with zero attached hydrogens (tertiary/aromatic N) is 2. The van der Waals surface area contributed by atoms with Crippen molar-refractivity contribution in [2.45, 2.75) is 45.1 Å². The Morgan fingerprint density at radius 3 is 2.56 bits per heavy atom. The molecular formula is C20H31N3O3S. The summed E-state index contributed by atoms with van der Waals surface area (Å²) < 4.78 is 27.0. The first-order valence-corrected chi connectivity index (χ1v) is 11.6. The average molecular weight is 394 g/mol. The van der Waals surface area contributed by atoms with Crippen LogP contribution in [0.3, 0.4) is 0 Å². The molecule has 1 saturated heterocycles. The van der Waals surface area contributed by atoms with Crippen LogP contribution in [0.1, 0.15) is 48.0 Å². The van der Waals surface area contributed by atoms with E-state index < -0.39 is 10.0 Å². The molecule has 1 aromatic carbocycles. The Balaban J connectivity index is 1.74. The molecule has 1 amide bonds. The first-order valence-electron chi connectivity index (χ1n) is 10.0. The fraction of sp³-hybridized carbons (Fsp3) is 0.650. The Bertz CT molecular complexity index is 739. The van der Waals surface area contributed by atoms with Gasteiger partial charge < -0.3 is 10.2 Å². The van der Waals surface area contributed by atoms with Gasteiger partial charge in [-0.15, -0.1) is 0 Å². The van der Waals surface area contributed by atoms with Crippen molar-refractivity contribution in [2.24, 2.45) is 0 Å². The molecule has 1 aromatic rings. The van der Waals surface area contributed by atoms with Crippen molar-refractivity contribution in [3.05, 3.63) is 35.4 Å². The lowest BCUT2D eigenvalue weighted by molar-refractivity contribution is 0.0649. The number of carbonyl (C=O) groups is 1. The van der Waals surface area contributed by atoms with E-state index in [9.17, 15) is 13.2 Å². The maximum absolute atomic E-state index is 13.2. The van der Waals surface area contributed by atoms with Crippen LogP contribution in [0.4, 0.5) is 0 Å². The van der Waals surface area contributed by atoms with Crippen molar-refractivity contribution >= 4 is 15.9 Å². The van der Waals surface area contributed by atoms with Crippen LogP contribution < -0.4 is 5.32 Å². The van der Waals surface area contributed by atoms with E-state index in [4.69, 9.17) is 0 Å². The number of hydrogen-bond donors (Lipinski definition) is 1. The van der Waals surface area contributed by atoms with Gasteiger partial charge in [0.1, 0.15) is 0 Å². The lowest BCUT2D eigenvalue weighted by Gasteiger charge is -2.35. The molecule has 1 saturated carbocycles. The van der Waals surface area contributed by atoms with Gasteiger partial charge in [0, 0.05) is 44.3 Å². The molecule has 1 aliphatic heterocycles. The maximum Gasteiger partial charge on any atom is 0.254 e. The maximum atomic E-state index is 13.2. The predicted octanol–water partition coefficient (Wildman–Crippen LogP) is 2.00. The number of rotatable bonds is 6. The van der Waals surface area contributed by atoms with Gasteiger partial charge in [0.25, 0.3) is 5.91 Å². The van der Waals surface area contributed by atoms with Crippen LogP contribution >= 0.6 is 0 Å². The molecule has 2 aliphatic rings. The summed E-state index contributed by atoms with van der Waals surface area (Å²) in [7, 11) is -3.34. The number of amides is 1. The molecule has 6 nitrogen and oxygen atoms in total. The highest BCUT2D eigenvalue weighted by molar-refractivity contribution is 7.89. The normalized spacial score (nSPS) is 19.7. The van der Waals surface area contributed by atoms with Crippen molar-refractivity contribution in [2.75, 3.05) is 38.5 Å². The average Bonchev–Trinajstić information content (AvgIpc) is 2.69. The monoisotopic (exact) mass is 393 g/mol. The van der Waals surface area contributed by atoms with Crippen molar-refractivity contribution in [3.63, 3.8) is 0 Å². The third kappa shape index (κ3) is 5.30. The summed E-state index contributed by atoms with van der Waals surface area (Å²) in [4.78, 5) is 15.0. The fourth-order valence-electron chi connectivity index (χ4n) is 4.05. The van der Waals surface area contributed by atoms with Crippen LogP contribution in [0, 0.1) is 6.92 Å². The number of benzene rings is 1. The van der Waals surface area contributed by atoms with Gasteiger partial charge in [-0.25, -0.2) is 8.42 Å². The van der Waals surface area contributed by atoms with Gasteiger partial charge in [-0.05, 0) is 31.9 Å². The first-order chi connectivity index (χ1) is 13.0. The zero-order chi connectivity index (χ0) is 19.3. The molecule has 0 radical (unpaired) electrons. The highest BCUT2D eigenvalue weighted by atomic mass is 32.2. The van der Waals surface area contributed by atoms with Crippen LogP contribution in [-0.4, -0.2) is 68.0 Å². The van der Waals surface area contributed by atoms with Crippen LogP contribution in [-0.2, 0) is 10.0 Å². The van der Waals surface area contributed by atoms with Crippen molar-refractivity contribution < 1.29 is 13.2 Å². The molecule has 0 unspecified atom stereocenters. The molecule has 1 heterocycles. The number of aryl methyl sites for hydroxylation is 1. The summed E-state index contributed by atoms with van der Waals surface area (Å²) in [6.07, 6.45) is 5.33. The Morgan fingerprint density at radius 2 is 1.89 bits per heavy atom. The number of carbonyl (C=O) groups excluding carboxylic acids is 1. The minimum Gasteiger partial charge on any atom is -0.335 e. The fourth-order valence-corrected chi connectivity index (χ4v) is 5.48. The van der Waals surface area contributed by atoms with Gasteiger partial charge in [-0.2, -0.15) is 4.31 Å². The minimum atomic E-state index is -3.34.